The van der Waals surface area contributed by atoms with Crippen molar-refractivity contribution in [2.75, 3.05) is 17.1 Å². The lowest BCUT2D eigenvalue weighted by atomic mass is 9.94. The molecule has 0 spiro atoms. The van der Waals surface area contributed by atoms with Gasteiger partial charge in [-0.3, -0.25) is 13.9 Å². The zero-order valence-electron chi connectivity index (χ0n) is 23.0. The van der Waals surface area contributed by atoms with Crippen molar-refractivity contribution in [2.45, 2.75) is 57.2 Å². The van der Waals surface area contributed by atoms with E-state index in [1.54, 1.807) is 48.5 Å². The highest BCUT2D eigenvalue weighted by Gasteiger charge is 2.34. The van der Waals surface area contributed by atoms with Gasteiger partial charge in [0.1, 0.15) is 12.6 Å². The number of nitrogens with zero attached hydrogens (tertiary/aromatic N) is 2. The summed E-state index contributed by atoms with van der Waals surface area (Å²) < 4.78 is 26.7. The number of nitrogens with one attached hydrogen (secondary N) is 1. The number of para-hydroxylation sites is 1. The Morgan fingerprint density at radius 3 is 2.12 bits per heavy atom. The van der Waals surface area contributed by atoms with Crippen molar-refractivity contribution in [3.05, 3.63) is 100 Å². The first kappa shape index (κ1) is 30.9. The standard InChI is InChI=1S/C31H35Cl2N3O4S/c1-41(39,40)36(26-15-9-4-10-16-26)22-30(37)35(21-24-17-18-27(32)28(33)19-24)29(20-23-11-5-2-6-12-23)31(38)34-25-13-7-3-8-14-25/h2,4-6,9-12,15-19,25,29H,3,7-8,13-14,20-22H2,1H3,(H,34,38)/t29-/m1/s1. The van der Waals surface area contributed by atoms with Gasteiger partial charge in [0.25, 0.3) is 0 Å². The summed E-state index contributed by atoms with van der Waals surface area (Å²) in [5.74, 6) is -0.773. The van der Waals surface area contributed by atoms with Gasteiger partial charge in [-0.15, -0.1) is 0 Å². The number of benzene rings is 3. The van der Waals surface area contributed by atoms with Crippen LogP contribution in [0.2, 0.25) is 10.0 Å². The largest absolute Gasteiger partial charge is 0.352 e. The molecule has 0 saturated heterocycles. The Labute approximate surface area is 252 Å². The molecule has 218 valence electrons. The molecule has 3 aromatic rings. The summed E-state index contributed by atoms with van der Waals surface area (Å²) in [5.41, 5.74) is 1.91. The van der Waals surface area contributed by atoms with E-state index in [1.807, 2.05) is 30.3 Å². The molecule has 10 heteroatoms. The number of carbonyl (C=O) groups excluding carboxylic acids is 2. The fourth-order valence-electron chi connectivity index (χ4n) is 5.14. The topological polar surface area (TPSA) is 86.8 Å². The summed E-state index contributed by atoms with van der Waals surface area (Å²) >= 11 is 12.4. The van der Waals surface area contributed by atoms with Gasteiger partial charge in [-0.25, -0.2) is 8.42 Å². The molecule has 1 aliphatic rings. The predicted octanol–water partition coefficient (Wildman–Crippen LogP) is 5.85. The van der Waals surface area contributed by atoms with Crippen LogP contribution in [0.4, 0.5) is 5.69 Å². The molecule has 0 bridgehead atoms. The van der Waals surface area contributed by atoms with Crippen LogP contribution in [0.1, 0.15) is 43.2 Å². The number of sulfonamides is 1. The monoisotopic (exact) mass is 615 g/mol. The van der Waals surface area contributed by atoms with Crippen molar-refractivity contribution in [3.63, 3.8) is 0 Å². The third-order valence-corrected chi connectivity index (χ3v) is 9.16. The van der Waals surface area contributed by atoms with Gasteiger partial charge in [0, 0.05) is 19.0 Å². The maximum absolute atomic E-state index is 14.1. The number of carbonyl (C=O) groups is 2. The predicted molar refractivity (Wildman–Crippen MR) is 165 cm³/mol. The minimum atomic E-state index is -3.81. The summed E-state index contributed by atoms with van der Waals surface area (Å²) in [5, 5.41) is 3.88. The highest BCUT2D eigenvalue weighted by molar-refractivity contribution is 7.92. The van der Waals surface area contributed by atoms with Gasteiger partial charge in [-0.2, -0.15) is 0 Å². The molecule has 0 aliphatic heterocycles. The van der Waals surface area contributed by atoms with Crippen LogP contribution >= 0.6 is 23.2 Å². The van der Waals surface area contributed by atoms with Crippen molar-refractivity contribution in [3.8, 4) is 0 Å². The Bertz CT molecular complexity index is 1430. The van der Waals surface area contributed by atoms with Crippen LogP contribution in [0.15, 0.2) is 78.9 Å². The molecule has 4 rings (SSSR count). The lowest BCUT2D eigenvalue weighted by Crippen LogP contribution is -2.55. The number of anilines is 1. The first-order chi connectivity index (χ1) is 19.6. The maximum atomic E-state index is 14.1. The second kappa shape index (κ2) is 14.2. The smallest absolute Gasteiger partial charge is 0.244 e. The molecule has 2 amide bonds. The third-order valence-electron chi connectivity index (χ3n) is 7.28. The Morgan fingerprint density at radius 2 is 1.51 bits per heavy atom. The summed E-state index contributed by atoms with van der Waals surface area (Å²) in [6.45, 7) is -0.427. The molecule has 1 aliphatic carbocycles. The number of halogens is 2. The quantitative estimate of drug-likeness (QED) is 0.293. The van der Waals surface area contributed by atoms with Crippen LogP contribution in [-0.4, -0.2) is 50.0 Å². The Balaban J connectivity index is 1.72. The van der Waals surface area contributed by atoms with Crippen LogP contribution in [0, 0.1) is 0 Å². The first-order valence-corrected chi connectivity index (χ1v) is 16.3. The molecule has 1 atom stereocenters. The summed E-state index contributed by atoms with van der Waals surface area (Å²) in [4.78, 5) is 29.5. The summed E-state index contributed by atoms with van der Waals surface area (Å²) in [6.07, 6.45) is 6.33. The average molecular weight is 617 g/mol. The van der Waals surface area contributed by atoms with Gasteiger partial charge in [-0.1, -0.05) is 97.1 Å². The lowest BCUT2D eigenvalue weighted by molar-refractivity contribution is -0.140. The second-order valence-corrected chi connectivity index (χ2v) is 13.1. The van der Waals surface area contributed by atoms with Gasteiger partial charge in [-0.05, 0) is 48.2 Å². The van der Waals surface area contributed by atoms with Crippen molar-refractivity contribution in [1.29, 1.82) is 0 Å². The zero-order chi connectivity index (χ0) is 29.4. The minimum Gasteiger partial charge on any atom is -0.352 e. The molecular weight excluding hydrogens is 581 g/mol. The van der Waals surface area contributed by atoms with Gasteiger partial charge in [0.15, 0.2) is 0 Å². The van der Waals surface area contributed by atoms with E-state index in [9.17, 15) is 18.0 Å². The fourth-order valence-corrected chi connectivity index (χ4v) is 6.31. The normalized spacial score (nSPS) is 14.7. The van der Waals surface area contributed by atoms with E-state index < -0.39 is 28.5 Å². The second-order valence-electron chi connectivity index (χ2n) is 10.4. The third kappa shape index (κ3) is 8.71. The van der Waals surface area contributed by atoms with Gasteiger partial charge in [0.2, 0.25) is 21.8 Å². The molecule has 0 aromatic heterocycles. The van der Waals surface area contributed by atoms with E-state index in [0.717, 1.165) is 48.2 Å². The molecule has 41 heavy (non-hydrogen) atoms. The average Bonchev–Trinajstić information content (AvgIpc) is 2.96. The maximum Gasteiger partial charge on any atom is 0.244 e. The Hall–Kier alpha value is -3.07. The van der Waals surface area contributed by atoms with Crippen LogP contribution in [0.3, 0.4) is 0 Å². The van der Waals surface area contributed by atoms with E-state index in [4.69, 9.17) is 23.2 Å². The minimum absolute atomic E-state index is 0.0355. The van der Waals surface area contributed by atoms with Crippen molar-refractivity contribution in [1.82, 2.24) is 10.2 Å². The molecular formula is C31H35Cl2N3O4S. The Morgan fingerprint density at radius 1 is 0.878 bits per heavy atom. The molecule has 0 heterocycles. The summed E-state index contributed by atoms with van der Waals surface area (Å²) in [7, 11) is -3.81. The van der Waals surface area contributed by atoms with E-state index in [0.29, 0.717) is 21.3 Å². The van der Waals surface area contributed by atoms with Crippen molar-refractivity contribution < 1.29 is 18.0 Å². The first-order valence-electron chi connectivity index (χ1n) is 13.7. The van der Waals surface area contributed by atoms with E-state index >= 15 is 0 Å². The molecule has 1 N–H and O–H groups in total. The highest BCUT2D eigenvalue weighted by atomic mass is 35.5. The Kier molecular flexibility index (Phi) is 10.7. The van der Waals surface area contributed by atoms with Gasteiger partial charge in [0.05, 0.1) is 22.0 Å². The van der Waals surface area contributed by atoms with E-state index in [-0.39, 0.29) is 24.9 Å². The fraction of sp³-hybridized carbons (Fsp3) is 0.355. The SMILES string of the molecule is CS(=O)(=O)N(CC(=O)N(Cc1ccc(Cl)c(Cl)c1)[C@H](Cc1ccccc1)C(=O)NC1CCCCC1)c1ccccc1. The van der Waals surface area contributed by atoms with E-state index in [1.165, 1.54) is 4.90 Å². The molecule has 1 saturated carbocycles. The molecule has 1 fully saturated rings. The van der Waals surface area contributed by atoms with Crippen LogP contribution in [-0.2, 0) is 32.6 Å². The van der Waals surface area contributed by atoms with Crippen LogP contribution in [0.25, 0.3) is 0 Å². The van der Waals surface area contributed by atoms with E-state index in [2.05, 4.69) is 5.32 Å². The number of rotatable bonds is 11. The lowest BCUT2D eigenvalue weighted by Gasteiger charge is -2.35. The van der Waals surface area contributed by atoms with Gasteiger partial charge < -0.3 is 10.2 Å². The highest BCUT2D eigenvalue weighted by Crippen LogP contribution is 2.26. The van der Waals surface area contributed by atoms with Crippen molar-refractivity contribution >= 4 is 50.7 Å². The zero-order valence-corrected chi connectivity index (χ0v) is 25.3. The van der Waals surface area contributed by atoms with Gasteiger partial charge >= 0.3 is 0 Å². The molecule has 0 radical (unpaired) electrons. The number of hydrogen-bond donors (Lipinski definition) is 1. The molecule has 0 unspecified atom stereocenters. The molecule has 3 aromatic carbocycles. The number of hydrogen-bond acceptors (Lipinski definition) is 4. The number of amides is 2. The van der Waals surface area contributed by atoms with Crippen LogP contribution < -0.4 is 9.62 Å². The summed E-state index contributed by atoms with van der Waals surface area (Å²) in [6, 6.07) is 22.1. The van der Waals surface area contributed by atoms with Crippen LogP contribution in [0.5, 0.6) is 0 Å². The molecule has 7 nitrogen and oxygen atoms in total. The van der Waals surface area contributed by atoms with Crippen molar-refractivity contribution in [2.24, 2.45) is 0 Å².